The van der Waals surface area contributed by atoms with Gasteiger partial charge in [0.25, 0.3) is 5.56 Å². The summed E-state index contributed by atoms with van der Waals surface area (Å²) in [4.78, 5) is 12.2. The zero-order chi connectivity index (χ0) is 12.9. The summed E-state index contributed by atoms with van der Waals surface area (Å²) >= 11 is 3.36. The molecule has 1 heterocycles. The lowest BCUT2D eigenvalue weighted by molar-refractivity contribution is 0.293. The number of aromatic nitrogens is 1. The number of hydrogen-bond acceptors (Lipinski definition) is 2. The molecular weight excluding hydrogens is 292 g/mol. The largest absolute Gasteiger partial charge is 0.397 e. The molecule has 4 heteroatoms. The predicted molar refractivity (Wildman–Crippen MR) is 76.5 cm³/mol. The first kappa shape index (κ1) is 12.3. The van der Waals surface area contributed by atoms with Crippen molar-refractivity contribution in [2.45, 2.75) is 39.2 Å². The third-order valence-electron chi connectivity index (χ3n) is 4.82. The summed E-state index contributed by atoms with van der Waals surface area (Å²) in [5.41, 5.74) is 7.56. The van der Waals surface area contributed by atoms with Gasteiger partial charge in [0.15, 0.2) is 0 Å². The molecule has 18 heavy (non-hydrogen) atoms. The van der Waals surface area contributed by atoms with Crippen molar-refractivity contribution in [1.82, 2.24) is 4.57 Å². The monoisotopic (exact) mass is 310 g/mol. The number of nitrogen functional groups attached to an aromatic ring is 1. The number of pyridine rings is 1. The van der Waals surface area contributed by atoms with E-state index in [1.54, 1.807) is 4.57 Å². The van der Waals surface area contributed by atoms with E-state index in [4.69, 9.17) is 5.73 Å². The van der Waals surface area contributed by atoms with Crippen LogP contribution in [0.1, 0.15) is 31.2 Å². The second-order valence-corrected chi connectivity index (χ2v) is 6.71. The van der Waals surface area contributed by atoms with Gasteiger partial charge in [0.1, 0.15) is 0 Å². The van der Waals surface area contributed by atoms with Crippen molar-refractivity contribution < 1.29 is 0 Å². The number of halogens is 1. The van der Waals surface area contributed by atoms with Gasteiger partial charge in [-0.05, 0) is 65.4 Å². The lowest BCUT2D eigenvalue weighted by Gasteiger charge is -2.23. The average Bonchev–Trinajstić information content (AvgIpc) is 2.95. The molecular formula is C14H19BrN2O. The Kier molecular flexibility index (Phi) is 3.00. The van der Waals surface area contributed by atoms with Gasteiger partial charge in [-0.3, -0.25) is 4.79 Å². The molecule has 3 nitrogen and oxygen atoms in total. The second kappa shape index (κ2) is 4.41. The minimum Gasteiger partial charge on any atom is -0.397 e. The van der Waals surface area contributed by atoms with Crippen LogP contribution in [0.4, 0.5) is 5.69 Å². The molecule has 98 valence electrons. The van der Waals surface area contributed by atoms with Gasteiger partial charge in [-0.1, -0.05) is 6.42 Å². The first-order chi connectivity index (χ1) is 8.56. The number of fused-ring (bicyclic) bond motifs is 2. The molecule has 0 saturated heterocycles. The number of hydrogen-bond donors (Lipinski definition) is 1. The van der Waals surface area contributed by atoms with Crippen molar-refractivity contribution in [3.63, 3.8) is 0 Å². The molecule has 3 rings (SSSR count). The van der Waals surface area contributed by atoms with Crippen molar-refractivity contribution >= 4 is 21.6 Å². The van der Waals surface area contributed by atoms with E-state index in [1.807, 2.05) is 13.1 Å². The van der Waals surface area contributed by atoms with E-state index in [-0.39, 0.29) is 5.56 Å². The number of nitrogens with two attached hydrogens (primary N) is 1. The highest BCUT2D eigenvalue weighted by Gasteiger charge is 2.39. The molecule has 2 aliphatic rings. The van der Waals surface area contributed by atoms with E-state index in [0.29, 0.717) is 16.1 Å². The van der Waals surface area contributed by atoms with E-state index >= 15 is 0 Å². The summed E-state index contributed by atoms with van der Waals surface area (Å²) in [6.45, 7) is 2.71. The van der Waals surface area contributed by atoms with E-state index in [1.165, 1.54) is 25.7 Å². The number of nitrogens with zero attached hydrogens (tertiary/aromatic N) is 1. The van der Waals surface area contributed by atoms with Crippen LogP contribution in [-0.2, 0) is 6.54 Å². The van der Waals surface area contributed by atoms with Gasteiger partial charge in [-0.15, -0.1) is 0 Å². The zero-order valence-corrected chi connectivity index (χ0v) is 12.2. The summed E-state index contributed by atoms with van der Waals surface area (Å²) in [5.74, 6) is 2.43. The maximum Gasteiger partial charge on any atom is 0.265 e. The molecule has 2 bridgehead atoms. The van der Waals surface area contributed by atoms with E-state index < -0.39 is 0 Å². The molecule has 0 aromatic carbocycles. The molecule has 0 amide bonds. The van der Waals surface area contributed by atoms with Crippen LogP contribution in [-0.4, -0.2) is 4.57 Å². The molecule has 0 spiro atoms. The van der Waals surface area contributed by atoms with Crippen LogP contribution in [0.3, 0.4) is 0 Å². The van der Waals surface area contributed by atoms with E-state index in [2.05, 4.69) is 15.9 Å². The van der Waals surface area contributed by atoms with Crippen molar-refractivity contribution in [3.05, 3.63) is 26.6 Å². The third kappa shape index (κ3) is 1.91. The maximum atomic E-state index is 12.2. The highest BCUT2D eigenvalue weighted by molar-refractivity contribution is 9.10. The highest BCUT2D eigenvalue weighted by Crippen LogP contribution is 2.48. The standard InChI is InChI=1S/C14H19BrN2O/c1-8-12(16)7-17(14(18)13(8)15)6-11-5-9-2-3-10(11)4-9/h7,9-11H,2-6,16H2,1H3. The van der Waals surface area contributed by atoms with Crippen LogP contribution in [0.15, 0.2) is 15.5 Å². The van der Waals surface area contributed by atoms with Crippen LogP contribution >= 0.6 is 15.9 Å². The quantitative estimate of drug-likeness (QED) is 0.913. The molecule has 0 aliphatic heterocycles. The summed E-state index contributed by atoms with van der Waals surface area (Å²) in [6, 6.07) is 0. The van der Waals surface area contributed by atoms with Crippen LogP contribution in [0.5, 0.6) is 0 Å². The molecule has 2 N–H and O–H groups in total. The van der Waals surface area contributed by atoms with Crippen molar-refractivity contribution in [1.29, 1.82) is 0 Å². The van der Waals surface area contributed by atoms with Crippen LogP contribution in [0.2, 0.25) is 0 Å². The lowest BCUT2D eigenvalue weighted by Crippen LogP contribution is -2.27. The Morgan fingerprint density at radius 3 is 2.83 bits per heavy atom. The van der Waals surface area contributed by atoms with E-state index in [9.17, 15) is 4.79 Å². The van der Waals surface area contributed by atoms with Gasteiger partial charge >= 0.3 is 0 Å². The van der Waals surface area contributed by atoms with Gasteiger partial charge in [0.2, 0.25) is 0 Å². The Hall–Kier alpha value is -0.770. The smallest absolute Gasteiger partial charge is 0.265 e. The minimum absolute atomic E-state index is 0.0597. The Morgan fingerprint density at radius 1 is 1.44 bits per heavy atom. The molecule has 2 aliphatic carbocycles. The molecule has 2 saturated carbocycles. The first-order valence-corrected chi connectivity index (χ1v) is 7.50. The Bertz CT molecular complexity index is 537. The second-order valence-electron chi connectivity index (χ2n) is 5.92. The fourth-order valence-electron chi connectivity index (χ4n) is 3.72. The maximum absolute atomic E-state index is 12.2. The van der Waals surface area contributed by atoms with Crippen LogP contribution in [0.25, 0.3) is 0 Å². The number of rotatable bonds is 2. The Balaban J connectivity index is 1.87. The molecule has 2 fully saturated rings. The summed E-state index contributed by atoms with van der Waals surface area (Å²) in [5, 5.41) is 0. The highest BCUT2D eigenvalue weighted by atomic mass is 79.9. The van der Waals surface area contributed by atoms with Gasteiger partial charge in [0, 0.05) is 12.7 Å². The fourth-order valence-corrected chi connectivity index (χ4v) is 4.18. The summed E-state index contributed by atoms with van der Waals surface area (Å²) in [7, 11) is 0. The topological polar surface area (TPSA) is 48.0 Å². The van der Waals surface area contributed by atoms with Gasteiger partial charge in [0.05, 0.1) is 10.2 Å². The van der Waals surface area contributed by atoms with Gasteiger partial charge in [-0.25, -0.2) is 0 Å². The zero-order valence-electron chi connectivity index (χ0n) is 10.7. The molecule has 3 atom stereocenters. The van der Waals surface area contributed by atoms with Crippen molar-refractivity contribution in [2.24, 2.45) is 17.8 Å². The van der Waals surface area contributed by atoms with Crippen LogP contribution < -0.4 is 11.3 Å². The van der Waals surface area contributed by atoms with E-state index in [0.717, 1.165) is 23.9 Å². The molecule has 3 unspecified atom stereocenters. The predicted octanol–water partition coefficient (Wildman–Crippen LogP) is 2.94. The van der Waals surface area contributed by atoms with Gasteiger partial charge < -0.3 is 10.3 Å². The normalized spacial score (nSPS) is 30.0. The molecule has 0 radical (unpaired) electrons. The average molecular weight is 311 g/mol. The fraction of sp³-hybridized carbons (Fsp3) is 0.643. The van der Waals surface area contributed by atoms with Crippen LogP contribution in [0, 0.1) is 24.7 Å². The lowest BCUT2D eigenvalue weighted by atomic mass is 9.89. The first-order valence-electron chi connectivity index (χ1n) is 6.71. The number of anilines is 1. The Labute approximate surface area is 116 Å². The SMILES string of the molecule is Cc1c(N)cn(CC2CC3CCC2C3)c(=O)c1Br. The minimum atomic E-state index is 0.0597. The summed E-state index contributed by atoms with van der Waals surface area (Å²) in [6.07, 6.45) is 7.24. The third-order valence-corrected chi connectivity index (χ3v) is 5.76. The summed E-state index contributed by atoms with van der Waals surface area (Å²) < 4.78 is 2.42. The van der Waals surface area contributed by atoms with Crippen molar-refractivity contribution in [2.75, 3.05) is 5.73 Å². The van der Waals surface area contributed by atoms with Gasteiger partial charge in [-0.2, -0.15) is 0 Å². The Morgan fingerprint density at radius 2 is 2.22 bits per heavy atom. The molecule has 1 aromatic rings. The van der Waals surface area contributed by atoms with Crippen molar-refractivity contribution in [3.8, 4) is 0 Å². The molecule has 1 aromatic heterocycles.